The van der Waals surface area contributed by atoms with Crippen LogP contribution in [0.1, 0.15) is 22.3 Å². The van der Waals surface area contributed by atoms with E-state index < -0.39 is 9.84 Å². The number of fused-ring (bicyclic) bond motifs is 3. The summed E-state index contributed by atoms with van der Waals surface area (Å²) in [7, 11) is -3.88. The van der Waals surface area contributed by atoms with Gasteiger partial charge in [-0.1, -0.05) is 41.1 Å². The fourth-order valence-electron chi connectivity index (χ4n) is 3.50. The standard InChI is InChI=1S/C23H21N5O2S2/c1-14-4-7-17(8-5-14)13-24-21-20-19(10-11-31-20)28-22(25-21)23(26-27-28)32(29,30)18-9-6-15(2)16(3)12-18/h4-12H,13H2,1-3H3,(H,24,25). The highest BCUT2D eigenvalue weighted by atomic mass is 32.2. The molecule has 0 bridgehead atoms. The second kappa shape index (κ2) is 7.68. The van der Waals surface area contributed by atoms with Crippen LogP contribution in [0.25, 0.3) is 15.9 Å². The predicted octanol–water partition coefficient (Wildman–Crippen LogP) is 4.71. The van der Waals surface area contributed by atoms with Crippen LogP contribution >= 0.6 is 11.3 Å². The first kappa shape index (κ1) is 20.6. The monoisotopic (exact) mass is 463 g/mol. The normalized spacial score (nSPS) is 12.0. The summed E-state index contributed by atoms with van der Waals surface area (Å²) in [5.74, 6) is 0.613. The quantitative estimate of drug-likeness (QED) is 0.406. The third-order valence-electron chi connectivity index (χ3n) is 5.55. The molecule has 1 N–H and O–H groups in total. The van der Waals surface area contributed by atoms with E-state index in [1.165, 1.54) is 21.4 Å². The van der Waals surface area contributed by atoms with Gasteiger partial charge in [0.2, 0.25) is 14.9 Å². The second-order valence-electron chi connectivity index (χ2n) is 7.81. The van der Waals surface area contributed by atoms with Gasteiger partial charge in [0, 0.05) is 6.54 Å². The number of benzene rings is 2. The summed E-state index contributed by atoms with van der Waals surface area (Å²) in [6, 6.07) is 15.2. The molecule has 2 aromatic carbocycles. The average Bonchev–Trinajstić information content (AvgIpc) is 3.42. The Balaban J connectivity index is 1.62. The molecule has 0 unspecified atom stereocenters. The molecule has 0 aliphatic heterocycles. The molecule has 0 saturated heterocycles. The first-order chi connectivity index (χ1) is 15.3. The maximum atomic E-state index is 13.4. The lowest BCUT2D eigenvalue weighted by molar-refractivity contribution is 0.592. The summed E-state index contributed by atoms with van der Waals surface area (Å²) in [4.78, 5) is 4.84. The second-order valence-corrected chi connectivity index (χ2v) is 10.6. The van der Waals surface area contributed by atoms with Crippen molar-refractivity contribution < 1.29 is 8.42 Å². The van der Waals surface area contributed by atoms with E-state index >= 15 is 0 Å². The van der Waals surface area contributed by atoms with Gasteiger partial charge >= 0.3 is 0 Å². The molecule has 3 aromatic heterocycles. The zero-order valence-corrected chi connectivity index (χ0v) is 19.5. The van der Waals surface area contributed by atoms with Crippen LogP contribution in [0.15, 0.2) is 63.8 Å². The van der Waals surface area contributed by atoms with Gasteiger partial charge in [0.05, 0.1) is 15.1 Å². The lowest BCUT2D eigenvalue weighted by Crippen LogP contribution is -2.07. The van der Waals surface area contributed by atoms with Gasteiger partial charge in [-0.2, -0.15) is 4.52 Å². The van der Waals surface area contributed by atoms with Crippen molar-refractivity contribution in [3.8, 4) is 0 Å². The molecule has 0 spiro atoms. The van der Waals surface area contributed by atoms with Crippen LogP contribution in [0, 0.1) is 20.8 Å². The minimum absolute atomic E-state index is 0.146. The number of nitrogens with zero attached hydrogens (tertiary/aromatic N) is 4. The summed E-state index contributed by atoms with van der Waals surface area (Å²) < 4.78 is 29.2. The Kier molecular flexibility index (Phi) is 4.94. The minimum Gasteiger partial charge on any atom is -0.365 e. The highest BCUT2D eigenvalue weighted by Gasteiger charge is 2.27. The molecule has 0 radical (unpaired) electrons. The summed E-state index contributed by atoms with van der Waals surface area (Å²) in [6.45, 7) is 6.45. The van der Waals surface area contributed by atoms with E-state index in [9.17, 15) is 8.42 Å². The van der Waals surface area contributed by atoms with Crippen molar-refractivity contribution in [2.24, 2.45) is 0 Å². The Hall–Kier alpha value is -3.30. The molecule has 0 aliphatic carbocycles. The van der Waals surface area contributed by atoms with Crippen LogP contribution in [0.3, 0.4) is 0 Å². The first-order valence-electron chi connectivity index (χ1n) is 10.1. The number of hydrogen-bond acceptors (Lipinski definition) is 7. The van der Waals surface area contributed by atoms with Crippen LogP contribution in [-0.4, -0.2) is 28.2 Å². The van der Waals surface area contributed by atoms with Crippen LogP contribution < -0.4 is 5.32 Å². The van der Waals surface area contributed by atoms with Crippen LogP contribution in [0.4, 0.5) is 5.82 Å². The molecule has 7 nitrogen and oxygen atoms in total. The van der Waals surface area contributed by atoms with E-state index in [4.69, 9.17) is 0 Å². The fourth-order valence-corrected chi connectivity index (χ4v) is 5.66. The summed E-state index contributed by atoms with van der Waals surface area (Å²) in [5.41, 5.74) is 5.20. The number of aromatic nitrogens is 4. The third kappa shape index (κ3) is 3.43. The van der Waals surface area contributed by atoms with Crippen molar-refractivity contribution in [1.29, 1.82) is 0 Å². The topological polar surface area (TPSA) is 89.2 Å². The van der Waals surface area contributed by atoms with Gasteiger partial charge in [0.25, 0.3) is 0 Å². The van der Waals surface area contributed by atoms with Crippen molar-refractivity contribution in [3.05, 3.63) is 76.2 Å². The lowest BCUT2D eigenvalue weighted by Gasteiger charge is -2.09. The Labute approximate surface area is 189 Å². The zero-order chi connectivity index (χ0) is 22.5. The highest BCUT2D eigenvalue weighted by Crippen LogP contribution is 2.31. The number of hydrogen-bond donors (Lipinski definition) is 1. The predicted molar refractivity (Wildman–Crippen MR) is 126 cm³/mol. The molecule has 162 valence electrons. The summed E-state index contributed by atoms with van der Waals surface area (Å²) in [6.07, 6.45) is 0. The van der Waals surface area contributed by atoms with Gasteiger partial charge in [0.1, 0.15) is 5.82 Å². The number of aryl methyl sites for hydroxylation is 3. The maximum absolute atomic E-state index is 13.4. The molecule has 5 rings (SSSR count). The Morgan fingerprint density at radius 2 is 1.78 bits per heavy atom. The molecule has 0 aliphatic rings. The van der Waals surface area contributed by atoms with Crippen molar-refractivity contribution in [1.82, 2.24) is 19.8 Å². The Morgan fingerprint density at radius 3 is 2.53 bits per heavy atom. The number of rotatable bonds is 5. The Bertz CT molecular complexity index is 1570. The molecule has 0 atom stereocenters. The van der Waals surface area contributed by atoms with Crippen molar-refractivity contribution in [3.63, 3.8) is 0 Å². The van der Waals surface area contributed by atoms with Gasteiger partial charge < -0.3 is 5.32 Å². The van der Waals surface area contributed by atoms with E-state index in [-0.39, 0.29) is 15.6 Å². The van der Waals surface area contributed by atoms with Crippen LogP contribution in [0.2, 0.25) is 0 Å². The molecule has 0 fully saturated rings. The van der Waals surface area contributed by atoms with Gasteiger partial charge in [-0.3, -0.25) is 0 Å². The molecule has 32 heavy (non-hydrogen) atoms. The fraction of sp³-hybridized carbons (Fsp3) is 0.174. The van der Waals surface area contributed by atoms with E-state index in [1.807, 2.05) is 32.2 Å². The van der Waals surface area contributed by atoms with E-state index in [0.717, 1.165) is 26.9 Å². The lowest BCUT2D eigenvalue weighted by atomic mass is 10.1. The minimum atomic E-state index is -3.88. The number of nitrogens with one attached hydrogen (secondary N) is 1. The van der Waals surface area contributed by atoms with E-state index in [0.29, 0.717) is 12.4 Å². The van der Waals surface area contributed by atoms with Gasteiger partial charge in [-0.15, -0.1) is 16.4 Å². The zero-order valence-electron chi connectivity index (χ0n) is 17.8. The SMILES string of the molecule is Cc1ccc(CNc2nc3c(S(=O)(=O)c4ccc(C)c(C)c4)nnn3c3ccsc23)cc1. The molecule has 0 amide bonds. The van der Waals surface area contributed by atoms with Crippen LogP contribution in [0.5, 0.6) is 0 Å². The largest absolute Gasteiger partial charge is 0.365 e. The van der Waals surface area contributed by atoms with Crippen molar-refractivity contribution in [2.45, 2.75) is 37.2 Å². The van der Waals surface area contributed by atoms with E-state index in [2.05, 4.69) is 44.9 Å². The van der Waals surface area contributed by atoms with Gasteiger partial charge in [-0.05, 0) is 61.0 Å². The molecular weight excluding hydrogens is 442 g/mol. The average molecular weight is 464 g/mol. The maximum Gasteiger partial charge on any atom is 0.229 e. The van der Waals surface area contributed by atoms with Crippen LogP contribution in [-0.2, 0) is 16.4 Å². The smallest absolute Gasteiger partial charge is 0.229 e. The summed E-state index contributed by atoms with van der Waals surface area (Å²) >= 11 is 1.52. The van der Waals surface area contributed by atoms with Crippen molar-refractivity contribution in [2.75, 3.05) is 5.32 Å². The molecule has 9 heteroatoms. The summed E-state index contributed by atoms with van der Waals surface area (Å²) in [5, 5.41) is 13.3. The van der Waals surface area contributed by atoms with Crippen molar-refractivity contribution >= 4 is 42.9 Å². The molecular formula is C23H21N5O2S2. The van der Waals surface area contributed by atoms with Gasteiger partial charge in [-0.25, -0.2) is 13.4 Å². The van der Waals surface area contributed by atoms with Gasteiger partial charge in [0.15, 0.2) is 5.65 Å². The number of sulfone groups is 1. The molecule has 3 heterocycles. The number of thiophene rings is 1. The Morgan fingerprint density at radius 1 is 1.00 bits per heavy atom. The first-order valence-corrected chi connectivity index (χ1v) is 12.5. The third-order valence-corrected chi connectivity index (χ3v) is 8.10. The molecule has 0 saturated carbocycles. The van der Waals surface area contributed by atoms with E-state index in [1.54, 1.807) is 18.2 Å². The highest BCUT2D eigenvalue weighted by molar-refractivity contribution is 7.91. The number of anilines is 1. The molecule has 5 aromatic rings.